The number of rotatable bonds is 2. The molecular weight excluding hydrogens is 186 g/mol. The average molecular weight is 198 g/mol. The van der Waals surface area contributed by atoms with E-state index in [0.717, 1.165) is 11.6 Å². The lowest BCUT2D eigenvalue weighted by Crippen LogP contribution is -2.04. The van der Waals surface area contributed by atoms with Crippen molar-refractivity contribution in [2.75, 3.05) is 0 Å². The van der Waals surface area contributed by atoms with E-state index in [0.29, 0.717) is 5.69 Å². The van der Waals surface area contributed by atoms with Crippen LogP contribution in [-0.4, -0.2) is 10.8 Å². The molecule has 1 aliphatic rings. The fraction of sp³-hybridized carbons (Fsp3) is 0.0769. The molecule has 1 fully saturated rings. The highest BCUT2D eigenvalue weighted by Gasteiger charge is 2.19. The summed E-state index contributed by atoms with van der Waals surface area (Å²) >= 11 is 0. The summed E-state index contributed by atoms with van der Waals surface area (Å²) < 4.78 is 0. The number of aromatic hydroxyl groups is 1. The number of para-hydroxylation sites is 2. The molecular formula is C13H12NO. The summed E-state index contributed by atoms with van der Waals surface area (Å²) in [6.45, 7) is 1.93. The molecule has 1 N–H and O–H groups in total. The van der Waals surface area contributed by atoms with Crippen LogP contribution in [0.3, 0.4) is 0 Å². The van der Waals surface area contributed by atoms with Gasteiger partial charge in [-0.25, -0.2) is 0 Å². The highest BCUT2D eigenvalue weighted by molar-refractivity contribution is 6.01. The Morgan fingerprint density at radius 2 is 1.80 bits per heavy atom. The maximum atomic E-state index is 9.55. The Bertz CT molecular complexity index is 365. The fourth-order valence-electron chi connectivity index (χ4n) is 1.42. The number of phenols is 1. The van der Waals surface area contributed by atoms with Gasteiger partial charge in [0.1, 0.15) is 11.4 Å². The SMILES string of the molecule is CC(=Nc1ccccc1O)[C]1[CH][CH][CH][CH]1. The highest BCUT2D eigenvalue weighted by atomic mass is 16.3. The number of benzene rings is 1. The molecule has 2 rings (SSSR count). The second-order valence-electron chi connectivity index (χ2n) is 3.36. The Hall–Kier alpha value is -1.31. The van der Waals surface area contributed by atoms with Crippen LogP contribution < -0.4 is 0 Å². The third kappa shape index (κ3) is 2.38. The minimum atomic E-state index is 0.211. The lowest BCUT2D eigenvalue weighted by molar-refractivity contribution is 0.477. The van der Waals surface area contributed by atoms with Gasteiger partial charge in [0.05, 0.1) is 0 Å². The van der Waals surface area contributed by atoms with Crippen LogP contribution in [0.5, 0.6) is 5.75 Å². The second-order valence-corrected chi connectivity index (χ2v) is 3.36. The van der Waals surface area contributed by atoms with Crippen LogP contribution in [0.25, 0.3) is 0 Å². The molecule has 5 radical (unpaired) electrons. The van der Waals surface area contributed by atoms with Gasteiger partial charge in [-0.2, -0.15) is 0 Å². The maximum absolute atomic E-state index is 9.55. The topological polar surface area (TPSA) is 32.6 Å². The molecule has 15 heavy (non-hydrogen) atoms. The molecule has 0 spiro atoms. The number of hydrogen-bond donors (Lipinski definition) is 1. The van der Waals surface area contributed by atoms with E-state index in [-0.39, 0.29) is 5.75 Å². The predicted molar refractivity (Wildman–Crippen MR) is 61.3 cm³/mol. The van der Waals surface area contributed by atoms with Gasteiger partial charge < -0.3 is 5.11 Å². The molecule has 0 saturated heterocycles. The van der Waals surface area contributed by atoms with E-state index in [1.165, 1.54) is 0 Å². The summed E-state index contributed by atoms with van der Waals surface area (Å²) in [6.07, 6.45) is 7.94. The normalized spacial score (nSPS) is 18.3. The minimum Gasteiger partial charge on any atom is -0.506 e. The number of aliphatic imine (C=N–C) groups is 1. The Kier molecular flexibility index (Phi) is 3.05. The fourth-order valence-corrected chi connectivity index (χ4v) is 1.42. The molecule has 1 aliphatic carbocycles. The molecule has 1 saturated carbocycles. The van der Waals surface area contributed by atoms with Crippen molar-refractivity contribution in [1.29, 1.82) is 0 Å². The zero-order valence-corrected chi connectivity index (χ0v) is 8.51. The molecule has 75 valence electrons. The van der Waals surface area contributed by atoms with Crippen molar-refractivity contribution in [1.82, 2.24) is 0 Å². The van der Waals surface area contributed by atoms with Crippen molar-refractivity contribution < 1.29 is 5.11 Å². The highest BCUT2D eigenvalue weighted by Crippen LogP contribution is 2.29. The van der Waals surface area contributed by atoms with Crippen LogP contribution in [0.2, 0.25) is 0 Å². The van der Waals surface area contributed by atoms with E-state index < -0.39 is 0 Å². The van der Waals surface area contributed by atoms with Gasteiger partial charge in [0.2, 0.25) is 0 Å². The van der Waals surface area contributed by atoms with Gasteiger partial charge >= 0.3 is 0 Å². The number of phenolic OH excluding ortho intramolecular Hbond substituents is 1. The predicted octanol–water partition coefficient (Wildman–Crippen LogP) is 2.89. The monoisotopic (exact) mass is 198 g/mol. The zero-order chi connectivity index (χ0) is 10.7. The van der Waals surface area contributed by atoms with E-state index in [1.807, 2.05) is 38.7 Å². The van der Waals surface area contributed by atoms with E-state index in [2.05, 4.69) is 4.99 Å². The third-order valence-electron chi connectivity index (χ3n) is 2.25. The van der Waals surface area contributed by atoms with E-state index in [4.69, 9.17) is 0 Å². The maximum Gasteiger partial charge on any atom is 0.141 e. The van der Waals surface area contributed by atoms with Crippen molar-refractivity contribution in [3.8, 4) is 5.75 Å². The lowest BCUT2D eigenvalue weighted by Gasteiger charge is -2.07. The summed E-state index contributed by atoms with van der Waals surface area (Å²) in [7, 11) is 0. The Balaban J connectivity index is 2.18. The van der Waals surface area contributed by atoms with E-state index in [1.54, 1.807) is 18.2 Å². The van der Waals surface area contributed by atoms with E-state index in [9.17, 15) is 5.11 Å². The summed E-state index contributed by atoms with van der Waals surface area (Å²) in [6, 6.07) is 7.07. The van der Waals surface area contributed by atoms with E-state index >= 15 is 0 Å². The average Bonchev–Trinajstić information content (AvgIpc) is 2.74. The lowest BCUT2D eigenvalue weighted by atomic mass is 10.0. The van der Waals surface area contributed by atoms with Crippen molar-refractivity contribution in [2.24, 2.45) is 4.99 Å². The molecule has 0 heterocycles. The van der Waals surface area contributed by atoms with Gasteiger partial charge in [0, 0.05) is 11.6 Å². The van der Waals surface area contributed by atoms with Crippen LogP contribution in [-0.2, 0) is 0 Å². The van der Waals surface area contributed by atoms with Crippen LogP contribution in [0.15, 0.2) is 29.3 Å². The van der Waals surface area contributed by atoms with Crippen molar-refractivity contribution in [3.05, 3.63) is 55.9 Å². The van der Waals surface area contributed by atoms with Gasteiger partial charge in [-0.1, -0.05) is 12.1 Å². The number of hydrogen-bond acceptors (Lipinski definition) is 2. The smallest absolute Gasteiger partial charge is 0.141 e. The van der Waals surface area contributed by atoms with Gasteiger partial charge in [-0.15, -0.1) is 0 Å². The minimum absolute atomic E-state index is 0.211. The first-order valence-corrected chi connectivity index (χ1v) is 4.83. The molecule has 2 nitrogen and oxygen atoms in total. The third-order valence-corrected chi connectivity index (χ3v) is 2.25. The Morgan fingerprint density at radius 3 is 2.47 bits per heavy atom. The van der Waals surface area contributed by atoms with Gasteiger partial charge in [0.25, 0.3) is 0 Å². The first-order valence-electron chi connectivity index (χ1n) is 4.83. The summed E-state index contributed by atoms with van der Waals surface area (Å²) in [5.74, 6) is 1.29. The van der Waals surface area contributed by atoms with Crippen molar-refractivity contribution in [3.63, 3.8) is 0 Å². The van der Waals surface area contributed by atoms with Crippen LogP contribution >= 0.6 is 0 Å². The van der Waals surface area contributed by atoms with Gasteiger partial charge in [-0.3, -0.25) is 4.99 Å². The quantitative estimate of drug-likeness (QED) is 0.728. The standard InChI is InChI=1S/C13H12NO/c1-10(11-6-2-3-7-11)14-12-8-4-5-9-13(12)15/h2-9,15H,1H3. The molecule has 2 heteroatoms. The Labute approximate surface area is 90.7 Å². The number of nitrogens with zero attached hydrogens (tertiary/aromatic N) is 1. The van der Waals surface area contributed by atoms with Crippen LogP contribution in [0.4, 0.5) is 5.69 Å². The molecule has 1 aromatic carbocycles. The molecule has 0 atom stereocenters. The first kappa shape index (κ1) is 10.2. The van der Waals surface area contributed by atoms with Crippen molar-refractivity contribution >= 4 is 11.4 Å². The molecule has 0 amide bonds. The Morgan fingerprint density at radius 1 is 1.13 bits per heavy atom. The van der Waals surface area contributed by atoms with Crippen molar-refractivity contribution in [2.45, 2.75) is 6.92 Å². The largest absolute Gasteiger partial charge is 0.506 e. The van der Waals surface area contributed by atoms with Gasteiger partial charge in [0.15, 0.2) is 0 Å². The second kappa shape index (κ2) is 4.47. The molecule has 0 aromatic heterocycles. The molecule has 0 unspecified atom stereocenters. The van der Waals surface area contributed by atoms with Crippen LogP contribution in [0.1, 0.15) is 6.92 Å². The van der Waals surface area contributed by atoms with Gasteiger partial charge in [-0.05, 0) is 44.7 Å². The molecule has 0 aliphatic heterocycles. The molecule has 0 bridgehead atoms. The molecule has 1 aromatic rings. The van der Waals surface area contributed by atoms with Crippen LogP contribution in [0, 0.1) is 31.6 Å². The zero-order valence-electron chi connectivity index (χ0n) is 8.51. The summed E-state index contributed by atoms with van der Waals surface area (Å²) in [5, 5.41) is 9.55. The summed E-state index contributed by atoms with van der Waals surface area (Å²) in [5.41, 5.74) is 1.51. The first-order chi connectivity index (χ1) is 7.27. The summed E-state index contributed by atoms with van der Waals surface area (Å²) in [4.78, 5) is 4.37.